The molecule has 0 aliphatic heterocycles. The Morgan fingerprint density at radius 1 is 1.38 bits per heavy atom. The van der Waals surface area contributed by atoms with Crippen LogP contribution in [0, 0.1) is 0 Å². The number of hydrogen-bond donors (Lipinski definition) is 2. The van der Waals surface area contributed by atoms with Gasteiger partial charge in [0, 0.05) is 16.7 Å². The average molecular weight is 359 g/mol. The Hall–Kier alpha value is -1.30. The highest BCUT2D eigenvalue weighted by Crippen LogP contribution is 2.23. The number of halogens is 1. The van der Waals surface area contributed by atoms with E-state index in [1.165, 1.54) is 0 Å². The number of nitrogens with zero attached hydrogens (tertiary/aromatic N) is 1. The lowest BCUT2D eigenvalue weighted by atomic mass is 9.89. The summed E-state index contributed by atoms with van der Waals surface area (Å²) in [4.78, 5) is 23.6. The van der Waals surface area contributed by atoms with Crippen molar-refractivity contribution < 1.29 is 14.7 Å². The minimum absolute atomic E-state index is 0.0741. The van der Waals surface area contributed by atoms with Crippen molar-refractivity contribution in [3.63, 3.8) is 0 Å². The number of amides is 1. The van der Waals surface area contributed by atoms with Crippen LogP contribution in [0.15, 0.2) is 16.7 Å². The summed E-state index contributed by atoms with van der Waals surface area (Å²) >= 11 is 3.38. The fourth-order valence-electron chi connectivity index (χ4n) is 2.37. The van der Waals surface area contributed by atoms with Gasteiger partial charge in [-0.2, -0.15) is 0 Å². The van der Waals surface area contributed by atoms with Crippen LogP contribution in [0.1, 0.15) is 63.5 Å². The summed E-state index contributed by atoms with van der Waals surface area (Å²) in [5.41, 5.74) is -0.171. The van der Waals surface area contributed by atoms with Gasteiger partial charge < -0.3 is 15.0 Å². The van der Waals surface area contributed by atoms with E-state index in [1.807, 2.05) is 38.5 Å². The quantitative estimate of drug-likeness (QED) is 0.782. The fraction of sp³-hybridized carbons (Fsp3) is 0.600. The minimum atomic E-state index is -0.903. The third-order valence-corrected chi connectivity index (χ3v) is 4.26. The first-order valence-electron chi connectivity index (χ1n) is 7.16. The first-order chi connectivity index (χ1) is 9.74. The Morgan fingerprint density at radius 3 is 2.38 bits per heavy atom. The molecular weight excluding hydrogens is 336 g/mol. The van der Waals surface area contributed by atoms with Crippen molar-refractivity contribution >= 4 is 27.8 Å². The maximum absolute atomic E-state index is 12.6. The fourth-order valence-corrected chi connectivity index (χ4v) is 2.81. The van der Waals surface area contributed by atoms with E-state index >= 15 is 0 Å². The largest absolute Gasteiger partial charge is 0.481 e. The molecule has 0 bridgehead atoms. The molecule has 6 heteroatoms. The monoisotopic (exact) mass is 358 g/mol. The Morgan fingerprint density at radius 2 is 1.95 bits per heavy atom. The van der Waals surface area contributed by atoms with E-state index in [-0.39, 0.29) is 18.4 Å². The number of carbonyl (C=O) groups is 2. The highest BCUT2D eigenvalue weighted by molar-refractivity contribution is 9.10. The molecule has 1 heterocycles. The molecule has 1 amide bonds. The molecule has 0 radical (unpaired) electrons. The number of aliphatic carboxylic acids is 1. The van der Waals surface area contributed by atoms with Gasteiger partial charge in [0.1, 0.15) is 5.69 Å². The molecule has 118 valence electrons. The van der Waals surface area contributed by atoms with Gasteiger partial charge in [-0.3, -0.25) is 9.59 Å². The first-order valence-corrected chi connectivity index (χ1v) is 7.95. The standard InChI is InChI=1S/C15H23BrN2O3/c1-5-15(6-2,8-13(19)20)17-14(21)12-7-11(16)9-18(12)10(3)4/h7,9-10H,5-6,8H2,1-4H3,(H,17,21)(H,19,20). The zero-order valence-electron chi connectivity index (χ0n) is 12.9. The molecule has 0 fully saturated rings. The van der Waals surface area contributed by atoms with E-state index in [0.29, 0.717) is 18.5 Å². The van der Waals surface area contributed by atoms with E-state index in [1.54, 1.807) is 6.07 Å². The summed E-state index contributed by atoms with van der Waals surface area (Å²) in [7, 11) is 0. The van der Waals surface area contributed by atoms with E-state index in [4.69, 9.17) is 5.11 Å². The van der Waals surface area contributed by atoms with Crippen LogP contribution < -0.4 is 5.32 Å². The van der Waals surface area contributed by atoms with Gasteiger partial charge in [-0.05, 0) is 48.7 Å². The zero-order chi connectivity index (χ0) is 16.2. The van der Waals surface area contributed by atoms with Gasteiger partial charge in [-0.15, -0.1) is 0 Å². The lowest BCUT2D eigenvalue weighted by Crippen LogP contribution is -2.49. The van der Waals surface area contributed by atoms with Gasteiger partial charge in [0.05, 0.1) is 12.0 Å². The number of carboxylic acid groups (broad SMARTS) is 1. The Balaban J connectivity index is 3.05. The molecule has 0 aliphatic carbocycles. The van der Waals surface area contributed by atoms with Crippen molar-refractivity contribution in [3.05, 3.63) is 22.4 Å². The maximum Gasteiger partial charge on any atom is 0.305 e. The summed E-state index contributed by atoms with van der Waals surface area (Å²) in [6.45, 7) is 7.77. The van der Waals surface area contributed by atoms with E-state index in [0.717, 1.165) is 4.47 Å². The average Bonchev–Trinajstić information content (AvgIpc) is 2.79. The molecule has 0 spiro atoms. The van der Waals surface area contributed by atoms with Gasteiger partial charge in [-0.25, -0.2) is 0 Å². The molecule has 1 aromatic rings. The molecule has 0 atom stereocenters. The van der Waals surface area contributed by atoms with Gasteiger partial charge in [0.15, 0.2) is 0 Å². The lowest BCUT2D eigenvalue weighted by Gasteiger charge is -2.31. The molecule has 21 heavy (non-hydrogen) atoms. The van der Waals surface area contributed by atoms with Crippen LogP contribution in [0.2, 0.25) is 0 Å². The maximum atomic E-state index is 12.6. The topological polar surface area (TPSA) is 71.3 Å². The van der Waals surface area contributed by atoms with Crippen LogP contribution in [0.5, 0.6) is 0 Å². The van der Waals surface area contributed by atoms with Crippen LogP contribution in [0.4, 0.5) is 0 Å². The highest BCUT2D eigenvalue weighted by Gasteiger charge is 2.32. The second-order valence-electron chi connectivity index (χ2n) is 5.56. The summed E-state index contributed by atoms with van der Waals surface area (Å²) in [6.07, 6.45) is 2.93. The summed E-state index contributed by atoms with van der Waals surface area (Å²) in [6, 6.07) is 1.90. The molecule has 0 saturated heterocycles. The van der Waals surface area contributed by atoms with Gasteiger partial charge in [-0.1, -0.05) is 13.8 Å². The molecule has 5 nitrogen and oxygen atoms in total. The number of carboxylic acids is 1. The Bertz CT molecular complexity index is 519. The zero-order valence-corrected chi connectivity index (χ0v) is 14.5. The minimum Gasteiger partial charge on any atom is -0.481 e. The number of nitrogens with one attached hydrogen (secondary N) is 1. The number of rotatable bonds is 7. The number of carbonyl (C=O) groups excluding carboxylic acids is 1. The molecular formula is C15H23BrN2O3. The van der Waals surface area contributed by atoms with Crippen molar-refractivity contribution in [1.29, 1.82) is 0 Å². The Labute approximate surface area is 133 Å². The number of aromatic nitrogens is 1. The molecule has 0 aromatic carbocycles. The molecule has 1 aromatic heterocycles. The van der Waals surface area contributed by atoms with Crippen molar-refractivity contribution in [2.75, 3.05) is 0 Å². The second kappa shape index (κ2) is 7.11. The van der Waals surface area contributed by atoms with E-state index in [2.05, 4.69) is 21.2 Å². The first kappa shape index (κ1) is 17.8. The van der Waals surface area contributed by atoms with Crippen LogP contribution in [-0.2, 0) is 4.79 Å². The van der Waals surface area contributed by atoms with Crippen LogP contribution in [0.3, 0.4) is 0 Å². The molecule has 0 saturated carbocycles. The molecule has 0 unspecified atom stereocenters. The third kappa shape index (κ3) is 4.33. The molecule has 0 aliphatic rings. The predicted molar refractivity (Wildman–Crippen MR) is 85.5 cm³/mol. The van der Waals surface area contributed by atoms with Crippen LogP contribution in [0.25, 0.3) is 0 Å². The summed E-state index contributed by atoms with van der Waals surface area (Å²) < 4.78 is 2.70. The van der Waals surface area contributed by atoms with Gasteiger partial charge in [0.25, 0.3) is 5.91 Å². The van der Waals surface area contributed by atoms with Crippen molar-refractivity contribution in [2.24, 2.45) is 0 Å². The normalized spacial score (nSPS) is 11.7. The van der Waals surface area contributed by atoms with E-state index in [9.17, 15) is 9.59 Å². The van der Waals surface area contributed by atoms with Crippen molar-refractivity contribution in [3.8, 4) is 0 Å². The number of hydrogen-bond acceptors (Lipinski definition) is 2. The predicted octanol–water partition coefficient (Wildman–Crippen LogP) is 3.59. The Kier molecular flexibility index (Phi) is 6.01. The highest BCUT2D eigenvalue weighted by atomic mass is 79.9. The van der Waals surface area contributed by atoms with Crippen LogP contribution >= 0.6 is 15.9 Å². The van der Waals surface area contributed by atoms with Crippen molar-refractivity contribution in [2.45, 2.75) is 58.5 Å². The van der Waals surface area contributed by atoms with E-state index < -0.39 is 11.5 Å². The van der Waals surface area contributed by atoms with Crippen molar-refractivity contribution in [1.82, 2.24) is 9.88 Å². The lowest BCUT2D eigenvalue weighted by molar-refractivity contribution is -0.138. The molecule has 2 N–H and O–H groups in total. The summed E-state index contributed by atoms with van der Waals surface area (Å²) in [5, 5.41) is 12.0. The second-order valence-corrected chi connectivity index (χ2v) is 6.47. The van der Waals surface area contributed by atoms with Gasteiger partial charge in [0.2, 0.25) is 0 Å². The third-order valence-electron chi connectivity index (χ3n) is 3.83. The SMILES string of the molecule is CCC(CC)(CC(=O)O)NC(=O)c1cc(Br)cn1C(C)C. The smallest absolute Gasteiger partial charge is 0.305 e. The summed E-state index contributed by atoms with van der Waals surface area (Å²) in [5.74, 6) is -1.14. The molecule has 1 rings (SSSR count). The van der Waals surface area contributed by atoms with Gasteiger partial charge >= 0.3 is 5.97 Å². The van der Waals surface area contributed by atoms with Crippen LogP contribution in [-0.4, -0.2) is 27.1 Å².